The van der Waals surface area contributed by atoms with E-state index in [0.717, 1.165) is 39.0 Å². The third kappa shape index (κ3) is 13.3. The second-order valence-electron chi connectivity index (χ2n) is 7.02. The van der Waals surface area contributed by atoms with Crippen LogP contribution in [0.2, 0.25) is 0 Å². The van der Waals surface area contributed by atoms with E-state index in [1.807, 2.05) is 0 Å². The fourth-order valence-electron chi connectivity index (χ4n) is 2.66. The maximum atomic E-state index is 4.77. The molecular weight excluding hydrogens is 378 g/mol. The van der Waals surface area contributed by atoms with Crippen LogP contribution in [0.25, 0.3) is 10.6 Å². The van der Waals surface area contributed by atoms with Crippen LogP contribution in [0.4, 0.5) is 0 Å². The summed E-state index contributed by atoms with van der Waals surface area (Å²) in [6, 6.07) is 0. The molecule has 1 rings (SSSR count). The van der Waals surface area contributed by atoms with Crippen molar-refractivity contribution in [2.75, 3.05) is 26.2 Å². The first-order valence-corrected chi connectivity index (χ1v) is 10.7. The van der Waals surface area contributed by atoms with E-state index in [2.05, 4.69) is 51.5 Å². The first kappa shape index (κ1) is 23.3. The minimum absolute atomic E-state index is 0.0451. The van der Waals surface area contributed by atoms with Crippen molar-refractivity contribution < 1.29 is 12.9 Å². The zero-order valence-electron chi connectivity index (χ0n) is 15.1. The van der Waals surface area contributed by atoms with Crippen LogP contribution in [0.1, 0.15) is 54.4 Å². The molecule has 0 amide bonds. The molecule has 1 heterocycles. The van der Waals surface area contributed by atoms with Crippen LogP contribution < -0.4 is 0 Å². The van der Waals surface area contributed by atoms with Crippen LogP contribution in [-0.2, 0) is 12.9 Å². The van der Waals surface area contributed by atoms with Gasteiger partial charge >= 0.3 is 33.2 Å². The Morgan fingerprint density at radius 1 is 0.826 bits per heavy atom. The predicted octanol–water partition coefficient (Wildman–Crippen LogP) is 5.38. The molecule has 0 fully saturated rings. The molecule has 1 aliphatic heterocycles. The van der Waals surface area contributed by atoms with Crippen molar-refractivity contribution in [1.82, 2.24) is 0 Å². The van der Waals surface area contributed by atoms with Gasteiger partial charge in [-0.25, -0.2) is 0 Å². The quantitative estimate of drug-likeness (QED) is 0.517. The third-order valence-corrected chi connectivity index (χ3v) is 3.42. The van der Waals surface area contributed by atoms with E-state index in [4.69, 9.17) is 30.9 Å². The van der Waals surface area contributed by atoms with Gasteiger partial charge < -0.3 is 10.6 Å². The van der Waals surface area contributed by atoms with Crippen molar-refractivity contribution in [3.8, 4) is 0 Å². The monoisotopic (exact) mass is 407 g/mol. The fourth-order valence-corrected chi connectivity index (χ4v) is 2.66. The van der Waals surface area contributed by atoms with Crippen molar-refractivity contribution in [2.24, 2.45) is 9.98 Å². The summed E-state index contributed by atoms with van der Waals surface area (Å²) in [6.45, 7) is 16.0. The SMILES string of the molecule is CC1=NCCN=C(C)CC(C)(C)[N-]CC[N-]C(C)(C)C1.[Cl][Co+][Cl]. The number of rotatable bonds is 0. The Bertz CT molecular complexity index is 360. The van der Waals surface area contributed by atoms with E-state index in [0.29, 0.717) is 12.9 Å². The number of halogens is 2. The summed E-state index contributed by atoms with van der Waals surface area (Å²) in [5, 5.41) is 9.55. The average Bonchev–Trinajstić information content (AvgIpc) is 2.39. The molecule has 0 aromatic rings. The average molecular weight is 408 g/mol. The van der Waals surface area contributed by atoms with E-state index < -0.39 is 0 Å². The van der Waals surface area contributed by atoms with Gasteiger partial charge in [-0.1, -0.05) is 27.7 Å². The molecule has 0 bridgehead atoms. The Hall–Kier alpha value is 0.346. The van der Waals surface area contributed by atoms with Crippen molar-refractivity contribution in [1.29, 1.82) is 0 Å². The first-order valence-electron chi connectivity index (χ1n) is 7.83. The molecular formula is C16H30Cl2CoN4-. The Morgan fingerprint density at radius 3 is 1.43 bits per heavy atom. The van der Waals surface area contributed by atoms with Crippen LogP contribution in [0.3, 0.4) is 0 Å². The molecule has 0 spiro atoms. The van der Waals surface area contributed by atoms with Gasteiger partial charge in [0.1, 0.15) is 0 Å². The third-order valence-electron chi connectivity index (χ3n) is 3.42. The number of hydrogen-bond acceptors (Lipinski definition) is 2. The molecule has 0 aromatic carbocycles. The number of aliphatic imine (C=N–C) groups is 2. The Kier molecular flexibility index (Phi) is 12.0. The Labute approximate surface area is 156 Å². The van der Waals surface area contributed by atoms with Crippen molar-refractivity contribution in [2.45, 2.75) is 65.5 Å². The zero-order chi connectivity index (χ0) is 17.9. The van der Waals surface area contributed by atoms with E-state index in [9.17, 15) is 0 Å². The topological polar surface area (TPSA) is 52.9 Å². The van der Waals surface area contributed by atoms with Crippen LogP contribution in [0.15, 0.2) is 9.98 Å². The van der Waals surface area contributed by atoms with Gasteiger partial charge in [-0.3, -0.25) is 9.98 Å². The van der Waals surface area contributed by atoms with Gasteiger partial charge in [0, 0.05) is 11.4 Å². The molecule has 0 aliphatic carbocycles. The molecule has 0 saturated carbocycles. The van der Waals surface area contributed by atoms with E-state index in [1.54, 1.807) is 0 Å². The molecule has 7 heteroatoms. The summed E-state index contributed by atoms with van der Waals surface area (Å²) in [7, 11) is 9.47. The van der Waals surface area contributed by atoms with Crippen LogP contribution in [0.5, 0.6) is 0 Å². The normalized spacial score (nSPS) is 23.0. The Balaban J connectivity index is 0.00000149. The summed E-state index contributed by atoms with van der Waals surface area (Å²) in [5.74, 6) is 0. The minimum atomic E-state index is -0.0451. The summed E-state index contributed by atoms with van der Waals surface area (Å²) in [5.41, 5.74) is 2.24. The van der Waals surface area contributed by atoms with E-state index >= 15 is 0 Å². The molecule has 0 radical (unpaired) electrons. The van der Waals surface area contributed by atoms with Crippen molar-refractivity contribution >= 4 is 31.7 Å². The summed E-state index contributed by atoms with van der Waals surface area (Å²) in [4.78, 5) is 9.21. The van der Waals surface area contributed by atoms with Gasteiger partial charge in [0.25, 0.3) is 0 Å². The van der Waals surface area contributed by atoms with E-state index in [1.165, 1.54) is 11.4 Å². The zero-order valence-corrected chi connectivity index (χ0v) is 17.7. The van der Waals surface area contributed by atoms with Gasteiger partial charge in [0.15, 0.2) is 0 Å². The first-order chi connectivity index (χ1) is 10.6. The van der Waals surface area contributed by atoms with Gasteiger partial charge in [-0.15, -0.1) is 11.1 Å². The van der Waals surface area contributed by atoms with Crippen LogP contribution in [0, 0.1) is 0 Å². The van der Waals surface area contributed by atoms with Gasteiger partial charge in [-0.05, 0) is 26.7 Å². The molecule has 0 saturated heterocycles. The van der Waals surface area contributed by atoms with Gasteiger partial charge in [0.2, 0.25) is 0 Å². The number of hydrogen-bond donors (Lipinski definition) is 0. The standard InChI is InChI=1S/C16H30N4.2ClH.Co/c1-13-11-15(3,4)19-9-10-20-16(5,6)12-14(2)18-8-7-17-13;;;/h7-12H2,1-6H3;2*1H;/q-2;;;+3/p-2. The molecule has 1 aliphatic rings. The molecule has 138 valence electrons. The van der Waals surface area contributed by atoms with Gasteiger partial charge in [-0.2, -0.15) is 13.1 Å². The van der Waals surface area contributed by atoms with Crippen LogP contribution >= 0.6 is 20.3 Å². The molecule has 0 N–H and O–H groups in total. The van der Waals surface area contributed by atoms with Gasteiger partial charge in [0.05, 0.1) is 13.1 Å². The Morgan fingerprint density at radius 2 is 1.13 bits per heavy atom. The summed E-state index contributed by atoms with van der Waals surface area (Å²) in [6.07, 6.45) is 1.83. The maximum absolute atomic E-state index is 4.77. The van der Waals surface area contributed by atoms with Crippen LogP contribution in [-0.4, -0.2) is 48.7 Å². The molecule has 0 aromatic heterocycles. The molecule has 23 heavy (non-hydrogen) atoms. The molecule has 0 atom stereocenters. The second-order valence-corrected chi connectivity index (χ2v) is 8.74. The second kappa shape index (κ2) is 11.8. The molecule has 4 nitrogen and oxygen atoms in total. The summed E-state index contributed by atoms with van der Waals surface area (Å²) < 4.78 is 0. The number of nitrogens with zero attached hydrogens (tertiary/aromatic N) is 4. The molecule has 0 unspecified atom stereocenters. The summed E-state index contributed by atoms with van der Waals surface area (Å²) >= 11 is 0.382. The van der Waals surface area contributed by atoms with Crippen molar-refractivity contribution in [3.05, 3.63) is 10.6 Å². The fraction of sp³-hybridized carbons (Fsp3) is 0.875. The van der Waals surface area contributed by atoms with Crippen molar-refractivity contribution in [3.63, 3.8) is 0 Å². The predicted molar refractivity (Wildman–Crippen MR) is 102 cm³/mol. The van der Waals surface area contributed by atoms with E-state index in [-0.39, 0.29) is 11.1 Å².